The Kier molecular flexibility index (Phi) is 7.99. The molecule has 0 unspecified atom stereocenters. The Hall–Kier alpha value is -0.750. The zero-order valence-corrected chi connectivity index (χ0v) is 11.3. The number of aromatic nitrogens is 1. The quantitative estimate of drug-likeness (QED) is 0.818. The zero-order chi connectivity index (χ0) is 10.5. The van der Waals surface area contributed by atoms with Crippen molar-refractivity contribution in [1.29, 1.82) is 0 Å². The predicted molar refractivity (Wildman–Crippen MR) is 74.4 cm³/mol. The Morgan fingerprint density at radius 1 is 1.29 bits per heavy atom. The van der Waals surface area contributed by atoms with Crippen molar-refractivity contribution < 1.29 is 4.84 Å². The number of anilines is 2. The molecule has 0 saturated carbocycles. The predicted octanol–water partition coefficient (Wildman–Crippen LogP) is 1.31. The van der Waals surface area contributed by atoms with Crippen LogP contribution in [0.5, 0.6) is 0 Å². The van der Waals surface area contributed by atoms with Crippen LogP contribution in [0.25, 0.3) is 0 Å². The molecule has 5 nitrogen and oxygen atoms in total. The second-order valence-corrected chi connectivity index (χ2v) is 3.44. The van der Waals surface area contributed by atoms with Crippen LogP contribution >= 0.6 is 24.8 Å². The summed E-state index contributed by atoms with van der Waals surface area (Å²) < 4.78 is 0. The number of nitrogens with zero attached hydrogens (tertiary/aromatic N) is 2. The zero-order valence-electron chi connectivity index (χ0n) is 9.68. The number of halogens is 2. The van der Waals surface area contributed by atoms with Gasteiger partial charge in [0.05, 0.1) is 19.0 Å². The van der Waals surface area contributed by atoms with Gasteiger partial charge in [0.2, 0.25) is 0 Å². The van der Waals surface area contributed by atoms with Crippen LogP contribution in [0.1, 0.15) is 0 Å². The third-order valence-electron chi connectivity index (χ3n) is 2.44. The molecule has 98 valence electrons. The van der Waals surface area contributed by atoms with E-state index < -0.39 is 0 Å². The van der Waals surface area contributed by atoms with Gasteiger partial charge in [0.1, 0.15) is 5.82 Å². The molecule has 2 rings (SSSR count). The Bertz CT molecular complexity index is 304. The summed E-state index contributed by atoms with van der Waals surface area (Å²) in [7, 11) is 1.58. The lowest BCUT2D eigenvalue weighted by atomic mass is 10.3. The fraction of sp³-hybridized carbons (Fsp3) is 0.500. The molecule has 1 fully saturated rings. The first-order valence-electron chi connectivity index (χ1n) is 5.11. The lowest BCUT2D eigenvalue weighted by Crippen LogP contribution is -2.43. The molecule has 1 aliphatic rings. The van der Waals surface area contributed by atoms with E-state index in [1.54, 1.807) is 7.11 Å². The molecule has 0 amide bonds. The monoisotopic (exact) mass is 280 g/mol. The third kappa shape index (κ3) is 4.55. The Balaban J connectivity index is 0.00000128. The van der Waals surface area contributed by atoms with E-state index in [0.717, 1.165) is 37.7 Å². The minimum atomic E-state index is 0. The number of hydrogen-bond acceptors (Lipinski definition) is 5. The van der Waals surface area contributed by atoms with Crippen molar-refractivity contribution in [3.63, 3.8) is 0 Å². The van der Waals surface area contributed by atoms with Crippen LogP contribution in [0.4, 0.5) is 11.5 Å². The van der Waals surface area contributed by atoms with Gasteiger partial charge in [-0.15, -0.1) is 24.8 Å². The summed E-state index contributed by atoms with van der Waals surface area (Å²) in [4.78, 5) is 11.3. The molecule has 17 heavy (non-hydrogen) atoms. The van der Waals surface area contributed by atoms with Crippen molar-refractivity contribution in [1.82, 2.24) is 10.3 Å². The maximum atomic E-state index is 4.78. The maximum Gasteiger partial charge on any atom is 0.149 e. The second-order valence-electron chi connectivity index (χ2n) is 3.44. The molecule has 0 spiro atoms. The first-order chi connectivity index (χ1) is 7.40. The topological polar surface area (TPSA) is 49.4 Å². The molecule has 2 N–H and O–H groups in total. The van der Waals surface area contributed by atoms with Crippen molar-refractivity contribution in [3.05, 3.63) is 18.3 Å². The average Bonchev–Trinajstić information content (AvgIpc) is 2.32. The van der Waals surface area contributed by atoms with E-state index in [9.17, 15) is 0 Å². The lowest BCUT2D eigenvalue weighted by Gasteiger charge is -2.29. The number of rotatable bonds is 3. The second kappa shape index (κ2) is 8.36. The van der Waals surface area contributed by atoms with Gasteiger partial charge in [0.25, 0.3) is 0 Å². The van der Waals surface area contributed by atoms with Gasteiger partial charge in [-0.1, -0.05) is 0 Å². The van der Waals surface area contributed by atoms with E-state index in [4.69, 9.17) is 4.84 Å². The fourth-order valence-electron chi connectivity index (χ4n) is 1.66. The molecular formula is C10H18Cl2N4O. The molecule has 2 heterocycles. The van der Waals surface area contributed by atoms with E-state index in [0.29, 0.717) is 0 Å². The summed E-state index contributed by atoms with van der Waals surface area (Å²) in [5.74, 6) is 0.733. The molecule has 7 heteroatoms. The minimum Gasteiger partial charge on any atom is -0.368 e. The average molecular weight is 281 g/mol. The molecular weight excluding hydrogens is 263 g/mol. The highest BCUT2D eigenvalue weighted by atomic mass is 35.5. The van der Waals surface area contributed by atoms with Crippen LogP contribution in [-0.2, 0) is 4.84 Å². The molecule has 0 bridgehead atoms. The van der Waals surface area contributed by atoms with Crippen LogP contribution in [0.3, 0.4) is 0 Å². The van der Waals surface area contributed by atoms with Crippen molar-refractivity contribution >= 4 is 36.3 Å². The minimum absolute atomic E-state index is 0. The first kappa shape index (κ1) is 16.2. The highest BCUT2D eigenvalue weighted by Crippen LogP contribution is 2.15. The van der Waals surface area contributed by atoms with E-state index >= 15 is 0 Å². The standard InChI is InChI=1S/C10H16N4O.2ClH/c1-15-13-10-3-2-9(8-12-10)14-6-4-11-5-7-14;;/h2-3,8,11H,4-7H2,1H3,(H,12,13);2*1H. The molecule has 1 saturated heterocycles. The molecule has 0 radical (unpaired) electrons. The molecule has 0 aliphatic carbocycles. The summed E-state index contributed by atoms with van der Waals surface area (Å²) in [6, 6.07) is 3.97. The Morgan fingerprint density at radius 2 is 2.00 bits per heavy atom. The van der Waals surface area contributed by atoms with Gasteiger partial charge in [-0.3, -0.25) is 4.84 Å². The van der Waals surface area contributed by atoms with E-state index in [2.05, 4.69) is 26.7 Å². The highest BCUT2D eigenvalue weighted by Gasteiger charge is 2.10. The van der Waals surface area contributed by atoms with Gasteiger partial charge in [-0.05, 0) is 12.1 Å². The van der Waals surface area contributed by atoms with Gasteiger partial charge in [-0.2, -0.15) is 0 Å². The number of nitrogens with one attached hydrogen (secondary N) is 2. The van der Waals surface area contributed by atoms with Gasteiger partial charge in [-0.25, -0.2) is 10.5 Å². The summed E-state index contributed by atoms with van der Waals surface area (Å²) in [6.45, 7) is 4.16. The molecule has 1 aromatic heterocycles. The Morgan fingerprint density at radius 3 is 2.53 bits per heavy atom. The highest BCUT2D eigenvalue weighted by molar-refractivity contribution is 5.85. The molecule has 0 aromatic carbocycles. The fourth-order valence-corrected chi connectivity index (χ4v) is 1.66. The summed E-state index contributed by atoms with van der Waals surface area (Å²) in [5, 5.41) is 3.32. The van der Waals surface area contributed by atoms with Crippen molar-refractivity contribution in [2.45, 2.75) is 0 Å². The smallest absolute Gasteiger partial charge is 0.149 e. The van der Waals surface area contributed by atoms with Gasteiger partial charge >= 0.3 is 0 Å². The molecule has 1 aliphatic heterocycles. The SMILES string of the molecule is CONc1ccc(N2CCNCC2)cn1.Cl.Cl. The van der Waals surface area contributed by atoms with Crippen LogP contribution in [0.15, 0.2) is 18.3 Å². The Labute approximate surface area is 114 Å². The van der Waals surface area contributed by atoms with Gasteiger partial charge in [0, 0.05) is 26.2 Å². The maximum absolute atomic E-state index is 4.78. The van der Waals surface area contributed by atoms with Crippen molar-refractivity contribution in [2.75, 3.05) is 43.7 Å². The van der Waals surface area contributed by atoms with Gasteiger partial charge in [0.15, 0.2) is 0 Å². The summed E-state index contributed by atoms with van der Waals surface area (Å²) >= 11 is 0. The summed E-state index contributed by atoms with van der Waals surface area (Å²) in [5.41, 5.74) is 3.86. The van der Waals surface area contributed by atoms with Crippen LogP contribution in [0.2, 0.25) is 0 Å². The number of pyridine rings is 1. The molecule has 1 aromatic rings. The largest absolute Gasteiger partial charge is 0.368 e. The normalized spacial score (nSPS) is 14.5. The van der Waals surface area contributed by atoms with E-state index in [1.165, 1.54) is 0 Å². The van der Waals surface area contributed by atoms with E-state index in [1.807, 2.05) is 12.3 Å². The first-order valence-corrected chi connectivity index (χ1v) is 5.11. The van der Waals surface area contributed by atoms with Crippen LogP contribution < -0.4 is 15.7 Å². The summed E-state index contributed by atoms with van der Waals surface area (Å²) in [6.07, 6.45) is 1.87. The number of hydrogen-bond donors (Lipinski definition) is 2. The number of piperazine rings is 1. The van der Waals surface area contributed by atoms with E-state index in [-0.39, 0.29) is 24.8 Å². The van der Waals surface area contributed by atoms with Crippen LogP contribution in [0, 0.1) is 0 Å². The third-order valence-corrected chi connectivity index (χ3v) is 2.44. The van der Waals surface area contributed by atoms with Crippen molar-refractivity contribution in [2.24, 2.45) is 0 Å². The molecule has 0 atom stereocenters. The van der Waals surface area contributed by atoms with Crippen LogP contribution in [-0.4, -0.2) is 38.3 Å². The van der Waals surface area contributed by atoms with Crippen molar-refractivity contribution in [3.8, 4) is 0 Å². The lowest BCUT2D eigenvalue weighted by molar-refractivity contribution is 0.269. The van der Waals surface area contributed by atoms with Gasteiger partial charge < -0.3 is 10.2 Å².